The maximum atomic E-state index is 12.3. The smallest absolute Gasteiger partial charge is 0.189 e. The van der Waals surface area contributed by atoms with Gasteiger partial charge >= 0.3 is 0 Å². The lowest BCUT2D eigenvalue weighted by molar-refractivity contribution is -0.0991. The second-order valence-corrected chi connectivity index (χ2v) is 6.57. The lowest BCUT2D eigenvalue weighted by atomic mass is 9.89. The molecule has 2 aromatic rings. The van der Waals surface area contributed by atoms with E-state index in [2.05, 4.69) is 23.3 Å². The van der Waals surface area contributed by atoms with Gasteiger partial charge in [-0.25, -0.2) is 0 Å². The van der Waals surface area contributed by atoms with Crippen molar-refractivity contribution in [1.29, 1.82) is 0 Å². The molecule has 1 fully saturated rings. The minimum absolute atomic E-state index is 0.0885. The second-order valence-electron chi connectivity index (χ2n) is 6.57. The van der Waals surface area contributed by atoms with Crippen molar-refractivity contribution in [2.24, 2.45) is 5.41 Å². The number of aromatic nitrogens is 1. The van der Waals surface area contributed by atoms with E-state index in [1.807, 2.05) is 19.9 Å². The number of hydrogen-bond acceptors (Lipinski definition) is 3. The average Bonchev–Trinajstić information content (AvgIpc) is 2.38. The van der Waals surface area contributed by atoms with Crippen LogP contribution in [0.25, 0.3) is 10.9 Å². The first kappa shape index (κ1) is 14.3. The van der Waals surface area contributed by atoms with E-state index >= 15 is 0 Å². The first-order valence-electron chi connectivity index (χ1n) is 7.38. The minimum atomic E-state index is 0.0885. The zero-order valence-corrected chi connectivity index (χ0v) is 12.9. The van der Waals surface area contributed by atoms with Crippen LogP contribution in [0.3, 0.4) is 0 Å². The SMILES string of the molecule is Cc1cc(C)c2[nH]c(CNCC3(C)COC3)cc(=O)c2c1. The number of ether oxygens (including phenoxy) is 1. The molecule has 112 valence electrons. The summed E-state index contributed by atoms with van der Waals surface area (Å²) in [5, 5.41) is 4.19. The molecule has 2 N–H and O–H groups in total. The van der Waals surface area contributed by atoms with Gasteiger partial charge in [-0.3, -0.25) is 4.79 Å². The zero-order valence-electron chi connectivity index (χ0n) is 12.9. The number of pyridine rings is 1. The van der Waals surface area contributed by atoms with Crippen LogP contribution in [-0.2, 0) is 11.3 Å². The van der Waals surface area contributed by atoms with Gasteiger partial charge in [0.05, 0.1) is 18.7 Å². The first-order chi connectivity index (χ1) is 9.97. The van der Waals surface area contributed by atoms with Crippen molar-refractivity contribution in [2.75, 3.05) is 19.8 Å². The number of nitrogens with one attached hydrogen (secondary N) is 2. The van der Waals surface area contributed by atoms with Crippen LogP contribution in [0.2, 0.25) is 0 Å². The lowest BCUT2D eigenvalue weighted by Gasteiger charge is -2.38. The molecule has 0 radical (unpaired) electrons. The fourth-order valence-corrected chi connectivity index (χ4v) is 2.91. The number of hydrogen-bond donors (Lipinski definition) is 2. The molecule has 0 unspecified atom stereocenters. The molecular formula is C17H22N2O2. The molecule has 0 atom stereocenters. The van der Waals surface area contributed by atoms with Crippen LogP contribution in [0.5, 0.6) is 0 Å². The predicted octanol–water partition coefficient (Wildman–Crippen LogP) is 2.27. The summed E-state index contributed by atoms with van der Waals surface area (Å²) >= 11 is 0. The largest absolute Gasteiger partial charge is 0.380 e. The average molecular weight is 286 g/mol. The lowest BCUT2D eigenvalue weighted by Crippen LogP contribution is -2.47. The number of aromatic amines is 1. The molecule has 0 amide bonds. The van der Waals surface area contributed by atoms with Gasteiger partial charge in [0.25, 0.3) is 0 Å². The quantitative estimate of drug-likeness (QED) is 0.906. The molecule has 0 spiro atoms. The number of rotatable bonds is 4. The summed E-state index contributed by atoms with van der Waals surface area (Å²) in [6, 6.07) is 5.75. The first-order valence-corrected chi connectivity index (χ1v) is 7.38. The molecule has 1 aliphatic heterocycles. The van der Waals surface area contributed by atoms with E-state index in [0.29, 0.717) is 6.54 Å². The van der Waals surface area contributed by atoms with Gasteiger partial charge in [0.15, 0.2) is 5.43 Å². The number of H-pyrrole nitrogens is 1. The highest BCUT2D eigenvalue weighted by atomic mass is 16.5. The molecular weight excluding hydrogens is 264 g/mol. The van der Waals surface area contributed by atoms with Crippen LogP contribution in [0.1, 0.15) is 23.7 Å². The summed E-state index contributed by atoms with van der Waals surface area (Å²) in [7, 11) is 0. The summed E-state index contributed by atoms with van der Waals surface area (Å²) < 4.78 is 5.25. The van der Waals surface area contributed by atoms with Gasteiger partial charge in [-0.2, -0.15) is 0 Å². The Bertz CT molecular complexity index is 729. The Balaban J connectivity index is 1.81. The Morgan fingerprint density at radius 1 is 1.29 bits per heavy atom. The van der Waals surface area contributed by atoms with Crippen LogP contribution >= 0.6 is 0 Å². The minimum Gasteiger partial charge on any atom is -0.380 e. The molecule has 1 aromatic heterocycles. The predicted molar refractivity (Wildman–Crippen MR) is 84.7 cm³/mol. The normalized spacial score (nSPS) is 16.9. The van der Waals surface area contributed by atoms with Gasteiger partial charge in [0.2, 0.25) is 0 Å². The van der Waals surface area contributed by atoms with E-state index in [1.54, 1.807) is 6.07 Å². The summed E-state index contributed by atoms with van der Waals surface area (Å²) in [5.74, 6) is 0. The van der Waals surface area contributed by atoms with E-state index < -0.39 is 0 Å². The van der Waals surface area contributed by atoms with E-state index in [9.17, 15) is 4.79 Å². The third-order valence-electron chi connectivity index (χ3n) is 4.10. The molecule has 2 heterocycles. The molecule has 0 bridgehead atoms. The van der Waals surface area contributed by atoms with Crippen molar-refractivity contribution in [2.45, 2.75) is 27.3 Å². The van der Waals surface area contributed by atoms with Crippen molar-refractivity contribution < 1.29 is 4.74 Å². The second kappa shape index (κ2) is 5.28. The van der Waals surface area contributed by atoms with Crippen LogP contribution in [0.15, 0.2) is 23.0 Å². The molecule has 0 aliphatic carbocycles. The van der Waals surface area contributed by atoms with Crippen LogP contribution in [-0.4, -0.2) is 24.7 Å². The monoisotopic (exact) mass is 286 g/mol. The highest BCUT2D eigenvalue weighted by Gasteiger charge is 2.32. The third kappa shape index (κ3) is 2.87. The third-order valence-corrected chi connectivity index (χ3v) is 4.10. The van der Waals surface area contributed by atoms with E-state index in [0.717, 1.165) is 47.5 Å². The molecule has 1 saturated heterocycles. The van der Waals surface area contributed by atoms with Gasteiger partial charge in [-0.15, -0.1) is 0 Å². The highest BCUT2D eigenvalue weighted by Crippen LogP contribution is 2.25. The van der Waals surface area contributed by atoms with Crippen molar-refractivity contribution in [1.82, 2.24) is 10.3 Å². The van der Waals surface area contributed by atoms with Crippen molar-refractivity contribution in [3.05, 3.63) is 45.2 Å². The van der Waals surface area contributed by atoms with Gasteiger partial charge in [0.1, 0.15) is 0 Å². The summed E-state index contributed by atoms with van der Waals surface area (Å²) in [5.41, 5.74) is 4.44. The maximum absolute atomic E-state index is 12.3. The van der Waals surface area contributed by atoms with Gasteiger partial charge in [0, 0.05) is 35.7 Å². The van der Waals surface area contributed by atoms with Gasteiger partial charge in [-0.1, -0.05) is 13.0 Å². The van der Waals surface area contributed by atoms with Crippen LogP contribution < -0.4 is 10.7 Å². The number of benzene rings is 1. The molecule has 21 heavy (non-hydrogen) atoms. The Labute approximate surface area is 124 Å². The Kier molecular flexibility index (Phi) is 3.59. The molecule has 1 aliphatic rings. The topological polar surface area (TPSA) is 54.1 Å². The molecule has 4 nitrogen and oxygen atoms in total. The van der Waals surface area contributed by atoms with Crippen molar-refractivity contribution in [3.8, 4) is 0 Å². The van der Waals surface area contributed by atoms with Gasteiger partial charge in [-0.05, 0) is 31.0 Å². The standard InChI is InChI=1S/C17H22N2O2/c1-11-4-12(2)16-14(5-11)15(20)6-13(19-16)7-18-8-17(3)9-21-10-17/h4-6,18H,7-10H2,1-3H3,(H,19,20). The summed E-state index contributed by atoms with van der Waals surface area (Å²) in [6.45, 7) is 9.46. The Morgan fingerprint density at radius 3 is 2.71 bits per heavy atom. The Hall–Kier alpha value is -1.65. The van der Waals surface area contributed by atoms with Crippen LogP contribution in [0, 0.1) is 19.3 Å². The van der Waals surface area contributed by atoms with Crippen LogP contribution in [0.4, 0.5) is 0 Å². The fraction of sp³-hybridized carbons (Fsp3) is 0.471. The zero-order chi connectivity index (χ0) is 15.0. The highest BCUT2D eigenvalue weighted by molar-refractivity contribution is 5.82. The van der Waals surface area contributed by atoms with E-state index in [4.69, 9.17) is 4.74 Å². The van der Waals surface area contributed by atoms with Crippen molar-refractivity contribution in [3.63, 3.8) is 0 Å². The fourth-order valence-electron chi connectivity index (χ4n) is 2.91. The van der Waals surface area contributed by atoms with Crippen molar-refractivity contribution >= 4 is 10.9 Å². The molecule has 0 saturated carbocycles. The molecule has 3 rings (SSSR count). The van der Waals surface area contributed by atoms with Gasteiger partial charge < -0.3 is 15.0 Å². The van der Waals surface area contributed by atoms with E-state index in [1.165, 1.54) is 0 Å². The summed E-state index contributed by atoms with van der Waals surface area (Å²) in [6.07, 6.45) is 0. The summed E-state index contributed by atoms with van der Waals surface area (Å²) in [4.78, 5) is 15.7. The molecule has 1 aromatic carbocycles. The Morgan fingerprint density at radius 2 is 2.05 bits per heavy atom. The number of aryl methyl sites for hydroxylation is 2. The number of fused-ring (bicyclic) bond motifs is 1. The van der Waals surface area contributed by atoms with E-state index in [-0.39, 0.29) is 10.8 Å². The molecule has 4 heteroatoms. The maximum Gasteiger partial charge on any atom is 0.189 e.